The molecule has 0 fully saturated rings. The number of carbonyl (C=O) groups excluding carboxylic acids is 1. The summed E-state index contributed by atoms with van der Waals surface area (Å²) in [5.74, 6) is -0.382. The number of hydrogen-bond acceptors (Lipinski definition) is 3. The molecular formula is C18H22N2O3S. The molecule has 0 aliphatic rings. The van der Waals surface area contributed by atoms with E-state index in [2.05, 4.69) is 5.32 Å². The number of hydrogen-bond donors (Lipinski definition) is 1. The molecule has 24 heavy (non-hydrogen) atoms. The SMILES string of the molecule is Cc1ccc(NC(=O)CN(c2ccccc2C)S(C)(=O)=O)cc1C. The summed E-state index contributed by atoms with van der Waals surface area (Å²) in [5.41, 5.74) is 4.15. The molecule has 2 aromatic carbocycles. The predicted molar refractivity (Wildman–Crippen MR) is 97.9 cm³/mol. The summed E-state index contributed by atoms with van der Waals surface area (Å²) in [6.07, 6.45) is 1.10. The fraction of sp³-hybridized carbons (Fsp3) is 0.278. The third kappa shape index (κ3) is 4.35. The smallest absolute Gasteiger partial charge is 0.245 e. The van der Waals surface area contributed by atoms with Crippen molar-refractivity contribution in [1.82, 2.24) is 0 Å². The van der Waals surface area contributed by atoms with Crippen molar-refractivity contribution in [2.45, 2.75) is 20.8 Å². The van der Waals surface area contributed by atoms with Crippen molar-refractivity contribution >= 4 is 27.3 Å². The molecule has 5 nitrogen and oxygen atoms in total. The van der Waals surface area contributed by atoms with Crippen LogP contribution in [-0.2, 0) is 14.8 Å². The van der Waals surface area contributed by atoms with E-state index in [1.807, 2.05) is 45.0 Å². The van der Waals surface area contributed by atoms with Crippen LogP contribution >= 0.6 is 0 Å². The van der Waals surface area contributed by atoms with Gasteiger partial charge in [-0.05, 0) is 55.7 Å². The van der Waals surface area contributed by atoms with Crippen LogP contribution in [0.2, 0.25) is 0 Å². The molecule has 0 spiro atoms. The van der Waals surface area contributed by atoms with Gasteiger partial charge in [0.2, 0.25) is 15.9 Å². The molecule has 1 N–H and O–H groups in total. The van der Waals surface area contributed by atoms with Crippen LogP contribution in [0.3, 0.4) is 0 Å². The number of aryl methyl sites for hydroxylation is 3. The number of carbonyl (C=O) groups is 1. The lowest BCUT2D eigenvalue weighted by Gasteiger charge is -2.23. The molecule has 0 unspecified atom stereocenters. The zero-order chi connectivity index (χ0) is 17.9. The van der Waals surface area contributed by atoms with Gasteiger partial charge in [-0.2, -0.15) is 0 Å². The first-order chi connectivity index (χ1) is 11.2. The molecule has 0 saturated carbocycles. The maximum absolute atomic E-state index is 12.3. The Morgan fingerprint density at radius 3 is 2.25 bits per heavy atom. The summed E-state index contributed by atoms with van der Waals surface area (Å²) in [5, 5.41) is 2.76. The minimum Gasteiger partial charge on any atom is -0.325 e. The normalized spacial score (nSPS) is 11.2. The average molecular weight is 346 g/mol. The first kappa shape index (κ1) is 18.0. The van der Waals surface area contributed by atoms with E-state index in [0.29, 0.717) is 11.4 Å². The second-order valence-electron chi connectivity index (χ2n) is 5.90. The number of nitrogens with one attached hydrogen (secondary N) is 1. The Kier molecular flexibility index (Phi) is 5.29. The Hall–Kier alpha value is -2.34. The van der Waals surface area contributed by atoms with Crippen molar-refractivity contribution < 1.29 is 13.2 Å². The highest BCUT2D eigenvalue weighted by Crippen LogP contribution is 2.22. The predicted octanol–water partition coefficient (Wildman–Crippen LogP) is 3.02. The van der Waals surface area contributed by atoms with Gasteiger partial charge in [0.05, 0.1) is 11.9 Å². The first-order valence-corrected chi connectivity index (χ1v) is 9.44. The lowest BCUT2D eigenvalue weighted by atomic mass is 10.1. The molecule has 2 rings (SSSR count). The maximum Gasteiger partial charge on any atom is 0.245 e. The number of anilines is 2. The highest BCUT2D eigenvalue weighted by molar-refractivity contribution is 7.92. The number of benzene rings is 2. The Morgan fingerprint density at radius 2 is 1.67 bits per heavy atom. The lowest BCUT2D eigenvalue weighted by Crippen LogP contribution is -2.37. The van der Waals surface area contributed by atoms with Gasteiger partial charge < -0.3 is 5.32 Å². The van der Waals surface area contributed by atoms with Gasteiger partial charge in [-0.1, -0.05) is 24.3 Å². The molecule has 0 bridgehead atoms. The molecule has 0 aromatic heterocycles. The van der Waals surface area contributed by atoms with Crippen molar-refractivity contribution in [2.75, 3.05) is 22.4 Å². The van der Waals surface area contributed by atoms with E-state index in [1.54, 1.807) is 18.2 Å². The molecule has 0 aliphatic carbocycles. The van der Waals surface area contributed by atoms with E-state index in [0.717, 1.165) is 27.3 Å². The van der Waals surface area contributed by atoms with Crippen LogP contribution in [0.4, 0.5) is 11.4 Å². The Morgan fingerprint density at radius 1 is 1.00 bits per heavy atom. The van der Waals surface area contributed by atoms with Crippen molar-refractivity contribution in [3.05, 3.63) is 59.2 Å². The quantitative estimate of drug-likeness (QED) is 0.905. The zero-order valence-corrected chi connectivity index (χ0v) is 15.1. The van der Waals surface area contributed by atoms with E-state index in [1.165, 1.54) is 0 Å². The number of nitrogens with zero attached hydrogens (tertiary/aromatic N) is 1. The van der Waals surface area contributed by atoms with Gasteiger partial charge in [0.25, 0.3) is 0 Å². The second-order valence-corrected chi connectivity index (χ2v) is 7.81. The van der Waals surface area contributed by atoms with Crippen LogP contribution in [0.15, 0.2) is 42.5 Å². The number of sulfonamides is 1. The average Bonchev–Trinajstić information content (AvgIpc) is 2.48. The minimum atomic E-state index is -3.57. The van der Waals surface area contributed by atoms with E-state index in [9.17, 15) is 13.2 Å². The maximum atomic E-state index is 12.3. The van der Waals surface area contributed by atoms with Crippen LogP contribution in [0.25, 0.3) is 0 Å². The minimum absolute atomic E-state index is 0.267. The largest absolute Gasteiger partial charge is 0.325 e. The monoisotopic (exact) mass is 346 g/mol. The molecule has 2 aromatic rings. The highest BCUT2D eigenvalue weighted by atomic mass is 32.2. The molecule has 0 atom stereocenters. The number of amides is 1. The third-order valence-electron chi connectivity index (χ3n) is 3.86. The van der Waals surface area contributed by atoms with Crippen LogP contribution in [0.5, 0.6) is 0 Å². The topological polar surface area (TPSA) is 66.5 Å². The summed E-state index contributed by atoms with van der Waals surface area (Å²) in [6, 6.07) is 12.7. The Balaban J connectivity index is 2.22. The Bertz CT molecular complexity index is 860. The van der Waals surface area contributed by atoms with Gasteiger partial charge in [-0.15, -0.1) is 0 Å². The van der Waals surface area contributed by atoms with Crippen molar-refractivity contribution in [3.8, 4) is 0 Å². The molecule has 6 heteroatoms. The van der Waals surface area contributed by atoms with Gasteiger partial charge in [0.1, 0.15) is 6.54 Å². The Labute approximate surface area is 143 Å². The van der Waals surface area contributed by atoms with Crippen molar-refractivity contribution in [1.29, 1.82) is 0 Å². The van der Waals surface area contributed by atoms with Crippen LogP contribution in [0.1, 0.15) is 16.7 Å². The zero-order valence-electron chi connectivity index (χ0n) is 14.3. The fourth-order valence-corrected chi connectivity index (χ4v) is 3.29. The number of rotatable bonds is 5. The van der Waals surface area contributed by atoms with Gasteiger partial charge in [0, 0.05) is 5.69 Å². The number of para-hydroxylation sites is 1. The molecule has 128 valence electrons. The summed E-state index contributed by atoms with van der Waals surface area (Å²) in [7, 11) is -3.57. The van der Waals surface area contributed by atoms with Gasteiger partial charge in [-0.3, -0.25) is 9.10 Å². The summed E-state index contributed by atoms with van der Waals surface area (Å²) >= 11 is 0. The first-order valence-electron chi connectivity index (χ1n) is 7.59. The van der Waals surface area contributed by atoms with Crippen LogP contribution in [-0.4, -0.2) is 27.1 Å². The second kappa shape index (κ2) is 7.05. The summed E-state index contributed by atoms with van der Waals surface area (Å²) in [4.78, 5) is 12.3. The van der Waals surface area contributed by atoms with Gasteiger partial charge in [0.15, 0.2) is 0 Å². The van der Waals surface area contributed by atoms with Crippen molar-refractivity contribution in [3.63, 3.8) is 0 Å². The lowest BCUT2D eigenvalue weighted by molar-refractivity contribution is -0.114. The van der Waals surface area contributed by atoms with Crippen LogP contribution in [0, 0.1) is 20.8 Å². The van der Waals surface area contributed by atoms with E-state index < -0.39 is 10.0 Å². The van der Waals surface area contributed by atoms with E-state index in [-0.39, 0.29) is 12.5 Å². The standard InChI is InChI=1S/C18H22N2O3S/c1-13-9-10-16(11-15(13)3)19-18(21)12-20(24(4,22)23)17-8-6-5-7-14(17)2/h5-11H,12H2,1-4H3,(H,19,21). The highest BCUT2D eigenvalue weighted by Gasteiger charge is 2.22. The third-order valence-corrected chi connectivity index (χ3v) is 4.99. The molecule has 0 saturated heterocycles. The molecule has 0 aliphatic heterocycles. The molecular weight excluding hydrogens is 324 g/mol. The summed E-state index contributed by atoms with van der Waals surface area (Å²) in [6.45, 7) is 5.50. The summed E-state index contributed by atoms with van der Waals surface area (Å²) < 4.78 is 25.4. The molecule has 0 heterocycles. The van der Waals surface area contributed by atoms with Crippen LogP contribution < -0.4 is 9.62 Å². The fourth-order valence-electron chi connectivity index (χ4n) is 2.37. The van der Waals surface area contributed by atoms with Gasteiger partial charge >= 0.3 is 0 Å². The molecule has 1 amide bonds. The van der Waals surface area contributed by atoms with E-state index >= 15 is 0 Å². The van der Waals surface area contributed by atoms with E-state index in [4.69, 9.17) is 0 Å². The van der Waals surface area contributed by atoms with Crippen molar-refractivity contribution in [2.24, 2.45) is 0 Å². The molecule has 0 radical (unpaired) electrons. The van der Waals surface area contributed by atoms with Gasteiger partial charge in [-0.25, -0.2) is 8.42 Å².